The second-order valence-electron chi connectivity index (χ2n) is 5.77. The lowest BCUT2D eigenvalue weighted by Gasteiger charge is -2.32. The number of hydrogen-bond donors (Lipinski definition) is 1. The monoisotopic (exact) mass is 404 g/mol. The van der Waals surface area contributed by atoms with Crippen molar-refractivity contribution in [2.24, 2.45) is 11.8 Å². The molecule has 1 aliphatic rings. The zero-order valence-corrected chi connectivity index (χ0v) is 15.2. The molecule has 1 N–H and O–H groups in total. The van der Waals surface area contributed by atoms with Gasteiger partial charge in [0.05, 0.1) is 5.69 Å². The van der Waals surface area contributed by atoms with Crippen LogP contribution in [-0.4, -0.2) is 24.7 Å². The Labute approximate surface area is 138 Å². The second-order valence-corrected chi connectivity index (χ2v) is 7.54. The van der Waals surface area contributed by atoms with Gasteiger partial charge in [-0.05, 0) is 63.2 Å². The van der Waals surface area contributed by atoms with Crippen LogP contribution in [0.3, 0.4) is 0 Å². The normalized spacial score (nSPS) is 23.2. The maximum Gasteiger partial charge on any atom is 0.105 e. The molecule has 0 spiro atoms. The van der Waals surface area contributed by atoms with E-state index >= 15 is 0 Å². The molecule has 1 aliphatic heterocycles. The standard InChI is InChI=1S/C15H22Br2N2O/c1-10(2)7-18-8-11-4-3-5-20-15(11)14-13(17)6-12(16)9-19-14/h6,9-11,15,18H,3-5,7-8H2,1-2H3. The average Bonchev–Trinajstić information content (AvgIpc) is 2.39. The Morgan fingerprint density at radius 2 is 2.25 bits per heavy atom. The lowest BCUT2D eigenvalue weighted by molar-refractivity contribution is -0.0308. The van der Waals surface area contributed by atoms with Crippen molar-refractivity contribution in [2.45, 2.75) is 32.8 Å². The van der Waals surface area contributed by atoms with Crippen LogP contribution in [0.25, 0.3) is 0 Å². The molecule has 5 heteroatoms. The Hall–Kier alpha value is 0.0300. The number of nitrogens with one attached hydrogen (secondary N) is 1. The summed E-state index contributed by atoms with van der Waals surface area (Å²) in [4.78, 5) is 4.55. The van der Waals surface area contributed by atoms with Crippen molar-refractivity contribution in [1.82, 2.24) is 10.3 Å². The summed E-state index contributed by atoms with van der Waals surface area (Å²) in [6, 6.07) is 2.04. The molecule has 1 aromatic heterocycles. The fourth-order valence-electron chi connectivity index (χ4n) is 2.55. The van der Waals surface area contributed by atoms with Crippen LogP contribution in [0.2, 0.25) is 0 Å². The van der Waals surface area contributed by atoms with E-state index in [0.29, 0.717) is 11.8 Å². The predicted molar refractivity (Wildman–Crippen MR) is 88.8 cm³/mol. The Balaban J connectivity index is 2.06. The molecule has 2 unspecified atom stereocenters. The summed E-state index contributed by atoms with van der Waals surface area (Å²) in [6.07, 6.45) is 4.26. The predicted octanol–water partition coefficient (Wildman–Crippen LogP) is 4.32. The number of rotatable bonds is 5. The number of pyridine rings is 1. The van der Waals surface area contributed by atoms with E-state index < -0.39 is 0 Å². The fourth-order valence-corrected chi connectivity index (χ4v) is 3.76. The molecule has 0 amide bonds. The highest BCUT2D eigenvalue weighted by Crippen LogP contribution is 2.36. The van der Waals surface area contributed by atoms with Crippen molar-refractivity contribution in [3.8, 4) is 0 Å². The minimum Gasteiger partial charge on any atom is -0.372 e. The van der Waals surface area contributed by atoms with E-state index in [0.717, 1.165) is 40.8 Å². The molecule has 2 heterocycles. The quantitative estimate of drug-likeness (QED) is 0.791. The summed E-state index contributed by atoms with van der Waals surface area (Å²) < 4.78 is 8.01. The van der Waals surface area contributed by atoms with Crippen molar-refractivity contribution in [3.05, 3.63) is 26.9 Å². The Morgan fingerprint density at radius 1 is 1.45 bits per heavy atom. The lowest BCUT2D eigenvalue weighted by Crippen LogP contribution is -2.34. The Kier molecular flexibility index (Phi) is 6.46. The van der Waals surface area contributed by atoms with Gasteiger partial charge in [0.15, 0.2) is 0 Å². The molecule has 112 valence electrons. The van der Waals surface area contributed by atoms with E-state index in [1.54, 1.807) is 0 Å². The van der Waals surface area contributed by atoms with E-state index in [1.807, 2.05) is 12.3 Å². The summed E-state index contributed by atoms with van der Waals surface area (Å²) in [7, 11) is 0. The number of nitrogens with zero attached hydrogens (tertiary/aromatic N) is 1. The van der Waals surface area contributed by atoms with Crippen LogP contribution < -0.4 is 5.32 Å². The third-order valence-electron chi connectivity index (χ3n) is 3.51. The molecule has 2 rings (SSSR count). The molecule has 0 radical (unpaired) electrons. The van der Waals surface area contributed by atoms with Gasteiger partial charge >= 0.3 is 0 Å². The molecular weight excluding hydrogens is 384 g/mol. The summed E-state index contributed by atoms with van der Waals surface area (Å²) in [5, 5.41) is 3.55. The van der Waals surface area contributed by atoms with Crippen LogP contribution in [0.5, 0.6) is 0 Å². The topological polar surface area (TPSA) is 34.1 Å². The van der Waals surface area contributed by atoms with Crippen LogP contribution >= 0.6 is 31.9 Å². The average molecular weight is 406 g/mol. The zero-order valence-electron chi connectivity index (χ0n) is 12.0. The third-order valence-corrected chi connectivity index (χ3v) is 4.58. The van der Waals surface area contributed by atoms with Crippen LogP contribution in [0, 0.1) is 11.8 Å². The van der Waals surface area contributed by atoms with Crippen molar-refractivity contribution in [1.29, 1.82) is 0 Å². The van der Waals surface area contributed by atoms with E-state index in [4.69, 9.17) is 4.74 Å². The van der Waals surface area contributed by atoms with Crippen LogP contribution in [0.4, 0.5) is 0 Å². The first kappa shape index (κ1) is 16.4. The first-order valence-electron chi connectivity index (χ1n) is 7.21. The van der Waals surface area contributed by atoms with Crippen LogP contribution in [0.15, 0.2) is 21.2 Å². The van der Waals surface area contributed by atoms with Gasteiger partial charge in [-0.15, -0.1) is 0 Å². The van der Waals surface area contributed by atoms with E-state index in [-0.39, 0.29) is 6.10 Å². The SMILES string of the molecule is CC(C)CNCC1CCCOC1c1ncc(Br)cc1Br. The molecule has 1 fully saturated rings. The minimum atomic E-state index is 0.0888. The molecule has 0 aliphatic carbocycles. The Morgan fingerprint density at radius 3 is 2.95 bits per heavy atom. The van der Waals surface area contributed by atoms with Crippen LogP contribution in [-0.2, 0) is 4.74 Å². The molecule has 3 nitrogen and oxygen atoms in total. The highest BCUT2D eigenvalue weighted by molar-refractivity contribution is 9.11. The van der Waals surface area contributed by atoms with Crippen LogP contribution in [0.1, 0.15) is 38.5 Å². The Bertz CT molecular complexity index is 440. The first-order chi connectivity index (χ1) is 9.58. The maximum atomic E-state index is 6.01. The number of ether oxygens (including phenoxy) is 1. The zero-order chi connectivity index (χ0) is 14.5. The molecule has 20 heavy (non-hydrogen) atoms. The molecule has 1 aromatic rings. The van der Waals surface area contributed by atoms with Crippen molar-refractivity contribution < 1.29 is 4.74 Å². The molecular formula is C15H22Br2N2O. The summed E-state index contributed by atoms with van der Waals surface area (Å²) in [5.74, 6) is 1.17. The van der Waals surface area contributed by atoms with E-state index in [2.05, 4.69) is 56.0 Å². The van der Waals surface area contributed by atoms with Gasteiger partial charge in [0, 0.05) is 34.2 Å². The highest BCUT2D eigenvalue weighted by Gasteiger charge is 2.29. The van der Waals surface area contributed by atoms with Gasteiger partial charge in [0.25, 0.3) is 0 Å². The number of aromatic nitrogens is 1. The van der Waals surface area contributed by atoms with Crippen molar-refractivity contribution >= 4 is 31.9 Å². The highest BCUT2D eigenvalue weighted by atomic mass is 79.9. The van der Waals surface area contributed by atoms with Gasteiger partial charge in [-0.2, -0.15) is 0 Å². The smallest absolute Gasteiger partial charge is 0.105 e. The second kappa shape index (κ2) is 7.87. The summed E-state index contributed by atoms with van der Waals surface area (Å²) in [5.41, 5.74) is 1.02. The van der Waals surface area contributed by atoms with Gasteiger partial charge in [-0.1, -0.05) is 13.8 Å². The van der Waals surface area contributed by atoms with Gasteiger partial charge in [0.2, 0.25) is 0 Å². The van der Waals surface area contributed by atoms with Crippen molar-refractivity contribution in [2.75, 3.05) is 19.7 Å². The largest absolute Gasteiger partial charge is 0.372 e. The van der Waals surface area contributed by atoms with Gasteiger partial charge in [-0.3, -0.25) is 4.98 Å². The van der Waals surface area contributed by atoms with Crippen molar-refractivity contribution in [3.63, 3.8) is 0 Å². The third kappa shape index (κ3) is 4.52. The number of hydrogen-bond acceptors (Lipinski definition) is 3. The molecule has 0 saturated carbocycles. The molecule has 0 bridgehead atoms. The summed E-state index contributed by atoms with van der Waals surface area (Å²) in [6.45, 7) is 7.34. The molecule has 2 atom stereocenters. The van der Waals surface area contributed by atoms with Gasteiger partial charge in [-0.25, -0.2) is 0 Å². The van der Waals surface area contributed by atoms with Gasteiger partial charge < -0.3 is 10.1 Å². The molecule has 0 aromatic carbocycles. The van der Waals surface area contributed by atoms with E-state index in [1.165, 1.54) is 6.42 Å². The van der Waals surface area contributed by atoms with Gasteiger partial charge in [0.1, 0.15) is 6.10 Å². The molecule has 1 saturated heterocycles. The first-order valence-corrected chi connectivity index (χ1v) is 8.79. The summed E-state index contributed by atoms with van der Waals surface area (Å²) >= 11 is 7.06. The fraction of sp³-hybridized carbons (Fsp3) is 0.667. The maximum absolute atomic E-state index is 6.01. The number of halogens is 2. The lowest BCUT2D eigenvalue weighted by atomic mass is 9.91. The van der Waals surface area contributed by atoms with E-state index in [9.17, 15) is 0 Å². The minimum absolute atomic E-state index is 0.0888.